The lowest BCUT2D eigenvalue weighted by molar-refractivity contribution is -0.139. The van der Waals surface area contributed by atoms with Gasteiger partial charge in [0.15, 0.2) is 0 Å². The molecule has 0 spiro atoms. The van der Waals surface area contributed by atoms with Crippen molar-refractivity contribution in [2.75, 3.05) is 13.0 Å². The highest BCUT2D eigenvalue weighted by atomic mass is 32.2. The Morgan fingerprint density at radius 2 is 1.78 bits per heavy atom. The van der Waals surface area contributed by atoms with E-state index in [4.69, 9.17) is 0 Å². The van der Waals surface area contributed by atoms with Crippen LogP contribution in [0.5, 0.6) is 0 Å². The Kier molecular flexibility index (Phi) is 8.79. The molecule has 10 nitrogen and oxygen atoms in total. The van der Waals surface area contributed by atoms with Crippen LogP contribution in [-0.4, -0.2) is 56.3 Å². The van der Waals surface area contributed by atoms with E-state index in [0.717, 1.165) is 23.4 Å². The van der Waals surface area contributed by atoms with E-state index in [-0.39, 0.29) is 18.8 Å². The summed E-state index contributed by atoms with van der Waals surface area (Å²) < 4.78 is 31.3. The molecule has 4 N–H and O–H groups in total. The van der Waals surface area contributed by atoms with Gasteiger partial charge in [-0.25, -0.2) is 8.42 Å². The minimum Gasteiger partial charge on any atom is -0.448 e. The van der Waals surface area contributed by atoms with Crippen molar-refractivity contribution < 1.29 is 27.5 Å². The Labute approximate surface area is 187 Å². The number of amides is 2. The summed E-state index contributed by atoms with van der Waals surface area (Å²) in [7, 11) is -2.60. The molecule has 0 saturated heterocycles. The standard InChI is InChI=1S/C21H30N4O6S/c1-13(2)9-19(25-32(29,30)12-31-14(3)26)21(28)24-18(20(27)22-4)10-15-11-23-17-8-6-5-7-16(15)17/h5-8,11,13,18-19,23,25H,9-10,12H2,1-4H3,(H,22,27)(H,24,28). The zero-order valence-corrected chi connectivity index (χ0v) is 19.4. The van der Waals surface area contributed by atoms with Gasteiger partial charge in [0.1, 0.15) is 12.1 Å². The van der Waals surface area contributed by atoms with Crippen molar-refractivity contribution in [2.24, 2.45) is 5.92 Å². The molecule has 2 amide bonds. The van der Waals surface area contributed by atoms with Crippen molar-refractivity contribution in [3.8, 4) is 0 Å². The van der Waals surface area contributed by atoms with Crippen LogP contribution < -0.4 is 15.4 Å². The van der Waals surface area contributed by atoms with Crippen LogP contribution in [-0.2, 0) is 35.6 Å². The predicted molar refractivity (Wildman–Crippen MR) is 120 cm³/mol. The van der Waals surface area contributed by atoms with Crippen LogP contribution in [0.15, 0.2) is 30.5 Å². The van der Waals surface area contributed by atoms with Crippen LogP contribution in [0.3, 0.4) is 0 Å². The number of aromatic nitrogens is 1. The van der Waals surface area contributed by atoms with Gasteiger partial charge in [-0.15, -0.1) is 0 Å². The summed E-state index contributed by atoms with van der Waals surface area (Å²) in [6, 6.07) is 5.53. The Hall–Kier alpha value is -2.92. The average molecular weight is 467 g/mol. The second kappa shape index (κ2) is 11.1. The lowest BCUT2D eigenvalue weighted by Gasteiger charge is -2.23. The SMILES string of the molecule is CNC(=O)C(Cc1c[nH]c2ccccc12)NC(=O)C(CC(C)C)NS(=O)(=O)COC(C)=O. The molecule has 1 aromatic carbocycles. The molecule has 0 aliphatic carbocycles. The summed E-state index contributed by atoms with van der Waals surface area (Å²) in [5, 5.41) is 6.12. The fraction of sp³-hybridized carbons (Fsp3) is 0.476. The van der Waals surface area contributed by atoms with E-state index in [2.05, 4.69) is 25.1 Å². The van der Waals surface area contributed by atoms with E-state index < -0.39 is 45.8 Å². The average Bonchev–Trinajstić information content (AvgIpc) is 3.13. The van der Waals surface area contributed by atoms with Crippen LogP contribution in [0.25, 0.3) is 10.9 Å². The molecular formula is C21H30N4O6S. The summed E-state index contributed by atoms with van der Waals surface area (Å²) in [4.78, 5) is 39.5. The first-order chi connectivity index (χ1) is 15.0. The van der Waals surface area contributed by atoms with Gasteiger partial charge in [-0.2, -0.15) is 4.72 Å². The van der Waals surface area contributed by atoms with Gasteiger partial charge < -0.3 is 20.4 Å². The van der Waals surface area contributed by atoms with Crippen LogP contribution in [0.1, 0.15) is 32.8 Å². The van der Waals surface area contributed by atoms with Crippen LogP contribution >= 0.6 is 0 Å². The summed E-state index contributed by atoms with van der Waals surface area (Å²) >= 11 is 0. The molecule has 2 rings (SSSR count). The number of esters is 1. The van der Waals surface area contributed by atoms with Crippen molar-refractivity contribution in [3.63, 3.8) is 0 Å². The second-order valence-corrected chi connectivity index (χ2v) is 9.61. The number of H-pyrrole nitrogens is 1. The minimum absolute atomic E-state index is 0.0192. The number of rotatable bonds is 11. The van der Waals surface area contributed by atoms with E-state index in [1.54, 1.807) is 6.20 Å². The van der Waals surface area contributed by atoms with Crippen LogP contribution in [0.2, 0.25) is 0 Å². The first-order valence-corrected chi connectivity index (χ1v) is 11.9. The van der Waals surface area contributed by atoms with Gasteiger partial charge in [0, 0.05) is 37.5 Å². The molecule has 0 aliphatic heterocycles. The molecule has 0 bridgehead atoms. The number of para-hydroxylation sites is 1. The number of nitrogens with one attached hydrogen (secondary N) is 4. The van der Waals surface area contributed by atoms with E-state index in [1.807, 2.05) is 38.1 Å². The molecule has 2 unspecified atom stereocenters. The maximum Gasteiger partial charge on any atom is 0.303 e. The molecule has 0 saturated carbocycles. The quantitative estimate of drug-likeness (QED) is 0.360. The summed E-state index contributed by atoms with van der Waals surface area (Å²) in [5.41, 5.74) is 1.74. The normalized spacial score (nSPS) is 13.5. The zero-order chi connectivity index (χ0) is 23.9. The van der Waals surface area contributed by atoms with Gasteiger partial charge in [-0.1, -0.05) is 32.0 Å². The number of aromatic amines is 1. The number of fused-ring (bicyclic) bond motifs is 1. The zero-order valence-electron chi connectivity index (χ0n) is 18.6. The lowest BCUT2D eigenvalue weighted by atomic mass is 10.0. The molecule has 11 heteroatoms. The summed E-state index contributed by atoms with van der Waals surface area (Å²) in [5.74, 6) is -2.71. The number of carbonyl (C=O) groups is 3. The largest absolute Gasteiger partial charge is 0.448 e. The van der Waals surface area contributed by atoms with Crippen molar-refractivity contribution in [2.45, 2.75) is 45.7 Å². The minimum atomic E-state index is -4.07. The first kappa shape index (κ1) is 25.3. The Bertz CT molecular complexity index is 1060. The van der Waals surface area contributed by atoms with Gasteiger partial charge >= 0.3 is 5.97 Å². The fourth-order valence-electron chi connectivity index (χ4n) is 3.27. The molecule has 0 fully saturated rings. The van der Waals surface area contributed by atoms with E-state index in [1.165, 1.54) is 7.05 Å². The number of ether oxygens (including phenoxy) is 1. The summed E-state index contributed by atoms with van der Waals surface area (Å²) in [6.07, 6.45) is 2.18. The highest BCUT2D eigenvalue weighted by Gasteiger charge is 2.30. The molecule has 2 aromatic rings. The topological polar surface area (TPSA) is 146 Å². The third kappa shape index (κ3) is 7.34. The van der Waals surface area contributed by atoms with Gasteiger partial charge in [0.2, 0.25) is 27.8 Å². The van der Waals surface area contributed by atoms with Crippen LogP contribution in [0.4, 0.5) is 0 Å². The van der Waals surface area contributed by atoms with E-state index in [9.17, 15) is 22.8 Å². The number of likely N-dealkylation sites (N-methyl/N-ethyl adjacent to an activating group) is 1. The van der Waals surface area contributed by atoms with Crippen LogP contribution in [0, 0.1) is 5.92 Å². The lowest BCUT2D eigenvalue weighted by Crippen LogP contribution is -2.54. The first-order valence-electron chi connectivity index (χ1n) is 10.2. The van der Waals surface area contributed by atoms with E-state index in [0.29, 0.717) is 0 Å². The highest BCUT2D eigenvalue weighted by Crippen LogP contribution is 2.19. The van der Waals surface area contributed by atoms with Crippen molar-refractivity contribution in [3.05, 3.63) is 36.0 Å². The third-order valence-electron chi connectivity index (χ3n) is 4.74. The van der Waals surface area contributed by atoms with Gasteiger partial charge in [0.25, 0.3) is 0 Å². The maximum atomic E-state index is 13.0. The molecule has 0 aliphatic rings. The Balaban J connectivity index is 2.20. The molecule has 1 aromatic heterocycles. The maximum absolute atomic E-state index is 13.0. The molecule has 176 valence electrons. The molecule has 1 heterocycles. The number of carbonyl (C=O) groups excluding carboxylic acids is 3. The smallest absolute Gasteiger partial charge is 0.303 e. The molecule has 0 radical (unpaired) electrons. The van der Waals surface area contributed by atoms with E-state index >= 15 is 0 Å². The van der Waals surface area contributed by atoms with Gasteiger partial charge in [0.05, 0.1) is 0 Å². The van der Waals surface area contributed by atoms with Crippen molar-refractivity contribution in [1.29, 1.82) is 0 Å². The third-order valence-corrected chi connectivity index (χ3v) is 5.81. The Morgan fingerprint density at radius 1 is 1.09 bits per heavy atom. The fourth-order valence-corrected chi connectivity index (χ4v) is 4.29. The van der Waals surface area contributed by atoms with Gasteiger partial charge in [-0.05, 0) is 24.0 Å². The van der Waals surface area contributed by atoms with Crippen molar-refractivity contribution >= 4 is 38.7 Å². The highest BCUT2D eigenvalue weighted by molar-refractivity contribution is 7.89. The monoisotopic (exact) mass is 466 g/mol. The number of sulfonamides is 1. The Morgan fingerprint density at radius 3 is 2.41 bits per heavy atom. The van der Waals surface area contributed by atoms with Crippen molar-refractivity contribution in [1.82, 2.24) is 20.3 Å². The van der Waals surface area contributed by atoms with Gasteiger partial charge in [-0.3, -0.25) is 14.4 Å². The molecule has 32 heavy (non-hydrogen) atoms. The summed E-state index contributed by atoms with van der Waals surface area (Å²) in [6.45, 7) is 4.76. The number of hydrogen-bond acceptors (Lipinski definition) is 6. The second-order valence-electron chi connectivity index (χ2n) is 7.91. The number of hydrogen-bond donors (Lipinski definition) is 4. The number of benzene rings is 1. The predicted octanol–water partition coefficient (Wildman–Crippen LogP) is 0.796. The molecule has 2 atom stereocenters. The molecular weight excluding hydrogens is 436 g/mol.